The quantitative estimate of drug-likeness (QED) is 0.647. The molecule has 0 aliphatic heterocycles. The van der Waals surface area contributed by atoms with Crippen molar-refractivity contribution in [2.24, 2.45) is 0 Å². The van der Waals surface area contributed by atoms with Crippen molar-refractivity contribution in [3.8, 4) is 0 Å². The van der Waals surface area contributed by atoms with E-state index in [1.165, 1.54) is 16.3 Å². The molecule has 0 saturated heterocycles. The Morgan fingerprint density at radius 1 is 0.850 bits per heavy atom. The van der Waals surface area contributed by atoms with Gasteiger partial charge in [-0.05, 0) is 41.0 Å². The molecular formula is C19H17N. The Bertz CT molecular complexity index is 751. The first kappa shape index (κ1) is 12.6. The van der Waals surface area contributed by atoms with Gasteiger partial charge in [0, 0.05) is 5.69 Å². The van der Waals surface area contributed by atoms with Crippen molar-refractivity contribution < 1.29 is 0 Å². The summed E-state index contributed by atoms with van der Waals surface area (Å²) in [4.78, 5) is 4.60. The van der Waals surface area contributed by atoms with E-state index in [0.29, 0.717) is 0 Å². The molecule has 0 unspecified atom stereocenters. The monoisotopic (exact) mass is 259 g/mol. The molecule has 0 N–H and O–H groups in total. The van der Waals surface area contributed by atoms with Gasteiger partial charge in [0.05, 0.1) is 5.69 Å². The fraction of sp³-hybridized carbons (Fsp3) is 0.105. The van der Waals surface area contributed by atoms with E-state index in [1.54, 1.807) is 0 Å². The maximum Gasteiger partial charge on any atom is 0.0633 e. The molecule has 0 radical (unpaired) electrons. The van der Waals surface area contributed by atoms with E-state index < -0.39 is 0 Å². The Balaban J connectivity index is 1.98. The smallest absolute Gasteiger partial charge is 0.0633 e. The molecule has 0 amide bonds. The fourth-order valence-corrected chi connectivity index (χ4v) is 2.36. The maximum absolute atomic E-state index is 4.60. The highest BCUT2D eigenvalue weighted by atomic mass is 14.7. The van der Waals surface area contributed by atoms with Gasteiger partial charge in [0.25, 0.3) is 0 Å². The van der Waals surface area contributed by atoms with E-state index in [2.05, 4.69) is 78.7 Å². The molecular weight excluding hydrogens is 242 g/mol. The summed E-state index contributed by atoms with van der Waals surface area (Å²) >= 11 is 0. The van der Waals surface area contributed by atoms with Crippen LogP contribution in [-0.2, 0) is 6.42 Å². The van der Waals surface area contributed by atoms with Gasteiger partial charge in [-0.15, -0.1) is 0 Å². The predicted molar refractivity (Wildman–Crippen MR) is 86.5 cm³/mol. The number of aromatic nitrogens is 1. The van der Waals surface area contributed by atoms with Crippen LogP contribution in [0.25, 0.3) is 22.9 Å². The molecule has 3 rings (SSSR count). The van der Waals surface area contributed by atoms with Crippen LogP contribution < -0.4 is 0 Å². The van der Waals surface area contributed by atoms with Gasteiger partial charge < -0.3 is 0 Å². The zero-order valence-corrected chi connectivity index (χ0v) is 11.6. The molecule has 20 heavy (non-hydrogen) atoms. The van der Waals surface area contributed by atoms with E-state index in [4.69, 9.17) is 0 Å². The fourth-order valence-electron chi connectivity index (χ4n) is 2.36. The molecule has 0 atom stereocenters. The third kappa shape index (κ3) is 2.62. The molecule has 0 aliphatic rings. The van der Waals surface area contributed by atoms with E-state index in [1.807, 2.05) is 6.07 Å². The summed E-state index contributed by atoms with van der Waals surface area (Å²) in [5, 5.41) is 2.54. The molecule has 1 heteroatoms. The highest BCUT2D eigenvalue weighted by Gasteiger charge is 1.97. The molecule has 0 aliphatic carbocycles. The highest BCUT2D eigenvalue weighted by Crippen LogP contribution is 2.20. The summed E-state index contributed by atoms with van der Waals surface area (Å²) < 4.78 is 0. The van der Waals surface area contributed by atoms with Gasteiger partial charge in [-0.1, -0.05) is 61.5 Å². The molecule has 0 fully saturated rings. The lowest BCUT2D eigenvalue weighted by Crippen LogP contribution is -1.88. The van der Waals surface area contributed by atoms with Crippen molar-refractivity contribution in [2.45, 2.75) is 13.3 Å². The van der Waals surface area contributed by atoms with E-state index in [9.17, 15) is 0 Å². The van der Waals surface area contributed by atoms with Crippen LogP contribution in [0.2, 0.25) is 0 Å². The second kappa shape index (κ2) is 5.70. The van der Waals surface area contributed by atoms with Crippen LogP contribution in [0.5, 0.6) is 0 Å². The van der Waals surface area contributed by atoms with Crippen molar-refractivity contribution in [3.63, 3.8) is 0 Å². The van der Waals surface area contributed by atoms with Gasteiger partial charge in [-0.3, -0.25) is 4.98 Å². The molecule has 3 aromatic rings. The van der Waals surface area contributed by atoms with Crippen LogP contribution >= 0.6 is 0 Å². The van der Waals surface area contributed by atoms with Crippen LogP contribution in [0.1, 0.15) is 23.9 Å². The number of rotatable bonds is 3. The summed E-state index contributed by atoms with van der Waals surface area (Å²) in [6.45, 7) is 2.13. The van der Waals surface area contributed by atoms with Crippen LogP contribution in [0.4, 0.5) is 0 Å². The summed E-state index contributed by atoms with van der Waals surface area (Å²) in [5.41, 5.74) is 3.37. The molecule has 0 bridgehead atoms. The Hall–Kier alpha value is -2.41. The van der Waals surface area contributed by atoms with Crippen molar-refractivity contribution in [1.82, 2.24) is 4.98 Å². The third-order valence-electron chi connectivity index (χ3n) is 3.45. The van der Waals surface area contributed by atoms with Gasteiger partial charge in [-0.2, -0.15) is 0 Å². The van der Waals surface area contributed by atoms with Crippen LogP contribution in [0.15, 0.2) is 60.7 Å². The summed E-state index contributed by atoms with van der Waals surface area (Å²) in [6.07, 6.45) is 5.20. The number of benzene rings is 2. The van der Waals surface area contributed by atoms with Crippen LogP contribution in [0.3, 0.4) is 0 Å². The first-order chi connectivity index (χ1) is 9.86. The standard InChI is InChI=1S/C19H17N/c1-2-17-10-6-11-18(20-17)14-13-16-9-5-8-15-7-3-4-12-19(15)16/h3-14H,2H2,1H3/b14-13+. The molecule has 2 aromatic carbocycles. The van der Waals surface area contributed by atoms with Crippen LogP contribution in [0, 0.1) is 0 Å². The Morgan fingerprint density at radius 2 is 1.65 bits per heavy atom. The Morgan fingerprint density at radius 3 is 2.55 bits per heavy atom. The molecule has 0 spiro atoms. The second-order valence-electron chi connectivity index (χ2n) is 4.81. The maximum atomic E-state index is 4.60. The number of aryl methyl sites for hydroxylation is 1. The molecule has 0 saturated carbocycles. The van der Waals surface area contributed by atoms with Gasteiger partial charge >= 0.3 is 0 Å². The summed E-state index contributed by atoms with van der Waals surface area (Å²) in [6, 6.07) is 21.0. The first-order valence-electron chi connectivity index (χ1n) is 6.98. The minimum Gasteiger partial charge on any atom is -0.253 e. The van der Waals surface area contributed by atoms with Gasteiger partial charge in [0.2, 0.25) is 0 Å². The average molecular weight is 259 g/mol. The lowest BCUT2D eigenvalue weighted by Gasteiger charge is -2.02. The first-order valence-corrected chi connectivity index (χ1v) is 6.98. The largest absolute Gasteiger partial charge is 0.253 e. The van der Waals surface area contributed by atoms with Crippen molar-refractivity contribution in [3.05, 3.63) is 77.6 Å². The summed E-state index contributed by atoms with van der Waals surface area (Å²) in [7, 11) is 0. The highest BCUT2D eigenvalue weighted by molar-refractivity contribution is 5.92. The van der Waals surface area contributed by atoms with Gasteiger partial charge in [0.15, 0.2) is 0 Å². The van der Waals surface area contributed by atoms with Crippen molar-refractivity contribution in [1.29, 1.82) is 0 Å². The predicted octanol–water partition coefficient (Wildman–Crippen LogP) is 4.97. The normalized spacial score (nSPS) is 11.2. The minimum absolute atomic E-state index is 0.968. The van der Waals surface area contributed by atoms with Gasteiger partial charge in [0.1, 0.15) is 0 Å². The topological polar surface area (TPSA) is 12.9 Å². The number of hydrogen-bond donors (Lipinski definition) is 0. The molecule has 1 aromatic heterocycles. The van der Waals surface area contributed by atoms with E-state index in [0.717, 1.165) is 17.8 Å². The number of pyridine rings is 1. The third-order valence-corrected chi connectivity index (χ3v) is 3.45. The second-order valence-corrected chi connectivity index (χ2v) is 4.81. The van der Waals surface area contributed by atoms with Crippen LogP contribution in [-0.4, -0.2) is 4.98 Å². The number of hydrogen-bond acceptors (Lipinski definition) is 1. The van der Waals surface area contributed by atoms with Crippen molar-refractivity contribution >= 4 is 22.9 Å². The molecule has 1 heterocycles. The zero-order chi connectivity index (χ0) is 13.8. The number of fused-ring (bicyclic) bond motifs is 1. The summed E-state index contributed by atoms with van der Waals surface area (Å²) in [5.74, 6) is 0. The lowest BCUT2D eigenvalue weighted by atomic mass is 10.0. The minimum atomic E-state index is 0.968. The average Bonchev–Trinajstić information content (AvgIpc) is 2.53. The molecule has 98 valence electrons. The lowest BCUT2D eigenvalue weighted by molar-refractivity contribution is 1.03. The Labute approximate surface area is 119 Å². The van der Waals surface area contributed by atoms with E-state index in [-0.39, 0.29) is 0 Å². The van der Waals surface area contributed by atoms with Gasteiger partial charge in [-0.25, -0.2) is 0 Å². The van der Waals surface area contributed by atoms with E-state index >= 15 is 0 Å². The SMILES string of the molecule is CCc1cccc(/C=C/c2cccc3ccccc23)n1. The van der Waals surface area contributed by atoms with Crippen molar-refractivity contribution in [2.75, 3.05) is 0 Å². The Kier molecular flexibility index (Phi) is 3.60. The zero-order valence-electron chi connectivity index (χ0n) is 11.6. The number of nitrogens with zero attached hydrogens (tertiary/aromatic N) is 1. The molecule has 1 nitrogen and oxygen atoms in total.